The number of fused-ring (bicyclic) bond motifs is 4. The topological polar surface area (TPSA) is 0 Å². The molecule has 0 bridgehead atoms. The van der Waals surface area contributed by atoms with Crippen LogP contribution >= 0.6 is 0 Å². The van der Waals surface area contributed by atoms with Gasteiger partial charge in [-0.2, -0.15) is 0 Å². The summed E-state index contributed by atoms with van der Waals surface area (Å²) in [4.78, 5) is 0. The molecule has 4 aromatic rings. The van der Waals surface area contributed by atoms with E-state index in [0.29, 0.717) is 0 Å². The Morgan fingerprint density at radius 3 is 1.91 bits per heavy atom. The molecule has 0 fully saturated rings. The van der Waals surface area contributed by atoms with Crippen LogP contribution in [0.5, 0.6) is 0 Å². The highest BCUT2D eigenvalue weighted by atomic mass is 28.2. The number of allylic oxidation sites excluding steroid dienone is 1. The average Bonchev–Trinajstić information content (AvgIpc) is 2.56. The second kappa shape index (κ2) is 4.49. The van der Waals surface area contributed by atoms with Crippen LogP contribution in [0.3, 0.4) is 0 Å². The van der Waals surface area contributed by atoms with E-state index in [2.05, 4.69) is 78.5 Å². The Labute approximate surface area is 131 Å². The van der Waals surface area contributed by atoms with Crippen molar-refractivity contribution in [2.24, 2.45) is 0 Å². The second-order valence-corrected chi connectivity index (χ2v) is 7.02. The summed E-state index contributed by atoms with van der Waals surface area (Å²) in [6, 6.07) is 22.5. The van der Waals surface area contributed by atoms with Crippen LogP contribution in [-0.2, 0) is 0 Å². The molecule has 1 aliphatic heterocycles. The molecule has 1 aliphatic rings. The Morgan fingerprint density at radius 2 is 1.18 bits per heavy atom. The molecule has 5 rings (SSSR count). The summed E-state index contributed by atoms with van der Waals surface area (Å²) < 4.78 is 0. The molecule has 1 radical (unpaired) electrons. The largest absolute Gasteiger partial charge is 0.0766 e. The highest BCUT2D eigenvalue weighted by Crippen LogP contribution is 2.27. The van der Waals surface area contributed by atoms with Gasteiger partial charge in [0.25, 0.3) is 0 Å². The van der Waals surface area contributed by atoms with Gasteiger partial charge < -0.3 is 0 Å². The molecule has 1 heteroatoms. The van der Waals surface area contributed by atoms with Crippen molar-refractivity contribution < 1.29 is 0 Å². The van der Waals surface area contributed by atoms with Crippen molar-refractivity contribution in [2.75, 3.05) is 0 Å². The van der Waals surface area contributed by atoms with E-state index in [-0.39, 0.29) is 0 Å². The van der Waals surface area contributed by atoms with Crippen molar-refractivity contribution in [1.82, 2.24) is 0 Å². The fraction of sp³-hybridized carbons (Fsp3) is 0. The summed E-state index contributed by atoms with van der Waals surface area (Å²) in [5.41, 5.74) is 3.62. The third-order valence-electron chi connectivity index (χ3n) is 4.44. The zero-order valence-electron chi connectivity index (χ0n) is 12.0. The molecule has 101 valence electrons. The minimum atomic E-state index is 0.786. The van der Waals surface area contributed by atoms with Crippen molar-refractivity contribution in [1.29, 1.82) is 0 Å². The Balaban J connectivity index is 1.89. The first-order valence-electron chi connectivity index (χ1n) is 7.54. The number of rotatable bonds is 0. The molecule has 0 saturated heterocycles. The predicted molar refractivity (Wildman–Crippen MR) is 99.4 cm³/mol. The normalized spacial score (nSPS) is 13.1. The minimum absolute atomic E-state index is 0.786. The molecule has 0 spiro atoms. The second-order valence-electron chi connectivity index (χ2n) is 5.86. The van der Waals surface area contributed by atoms with E-state index in [1.54, 1.807) is 0 Å². The third-order valence-corrected chi connectivity index (χ3v) is 5.54. The van der Waals surface area contributed by atoms with Gasteiger partial charge >= 0.3 is 0 Å². The van der Waals surface area contributed by atoms with Gasteiger partial charge in [0.1, 0.15) is 0 Å². The van der Waals surface area contributed by atoms with Crippen molar-refractivity contribution in [3.8, 4) is 0 Å². The highest BCUT2D eigenvalue weighted by Gasteiger charge is 2.05. The molecule has 22 heavy (non-hydrogen) atoms. The van der Waals surface area contributed by atoms with E-state index in [0.717, 1.165) is 9.13 Å². The minimum Gasteiger partial charge on any atom is -0.0766 e. The van der Waals surface area contributed by atoms with Crippen LogP contribution in [0.4, 0.5) is 0 Å². The summed E-state index contributed by atoms with van der Waals surface area (Å²) in [5.74, 6) is 0. The van der Waals surface area contributed by atoms with Crippen LogP contribution in [0.15, 0.2) is 66.7 Å². The van der Waals surface area contributed by atoms with Gasteiger partial charge in [0.15, 0.2) is 0 Å². The number of hydrogen-bond acceptors (Lipinski definition) is 0. The van der Waals surface area contributed by atoms with Crippen LogP contribution < -0.4 is 5.19 Å². The first-order valence-corrected chi connectivity index (χ1v) is 8.61. The van der Waals surface area contributed by atoms with Gasteiger partial charge in [-0.05, 0) is 73.4 Å². The molecule has 0 N–H and O–H groups in total. The molecule has 1 heterocycles. The average molecular weight is 293 g/mol. The van der Waals surface area contributed by atoms with Gasteiger partial charge in [-0.15, -0.1) is 0 Å². The zero-order chi connectivity index (χ0) is 14.5. The predicted octanol–water partition coefficient (Wildman–Crippen LogP) is 4.30. The third kappa shape index (κ3) is 1.79. The standard InChI is InChI=1S/C21H13Si/c1-2-5-15-9-18-12-20-13-21-16(6-3-7-22-21)10-19(20)11-17(18)8-14(15)4-1/h1-13H. The van der Waals surface area contributed by atoms with Crippen LogP contribution in [0.1, 0.15) is 5.56 Å². The molecule has 0 amide bonds. The maximum absolute atomic E-state index is 2.36. The van der Waals surface area contributed by atoms with Crippen molar-refractivity contribution in [3.63, 3.8) is 0 Å². The van der Waals surface area contributed by atoms with Crippen LogP contribution in [-0.4, -0.2) is 14.8 Å². The quantitative estimate of drug-likeness (QED) is 0.335. The maximum atomic E-state index is 2.36. The molecular formula is C21H13Si. The monoisotopic (exact) mass is 293 g/mol. The smallest absolute Gasteiger partial charge is 0.0605 e. The SMILES string of the molecule is C1=Cc2cc3cc4cc5ccccc5cc4cc3cc2[Si]=C1. The van der Waals surface area contributed by atoms with Gasteiger partial charge in [-0.3, -0.25) is 0 Å². The molecule has 4 aromatic carbocycles. The zero-order valence-corrected chi connectivity index (χ0v) is 13.0. The van der Waals surface area contributed by atoms with Crippen LogP contribution in [0.25, 0.3) is 38.4 Å². The van der Waals surface area contributed by atoms with Gasteiger partial charge in [-0.1, -0.05) is 48.2 Å². The molecule has 0 unspecified atom stereocenters. The molecule has 0 aromatic heterocycles. The number of benzene rings is 4. The van der Waals surface area contributed by atoms with Gasteiger partial charge in [0.05, 0.1) is 9.13 Å². The summed E-state index contributed by atoms with van der Waals surface area (Å²) in [6.07, 6.45) is 4.39. The van der Waals surface area contributed by atoms with Crippen LogP contribution in [0, 0.1) is 0 Å². The fourth-order valence-corrected chi connectivity index (χ4v) is 4.25. The lowest BCUT2D eigenvalue weighted by Gasteiger charge is -2.10. The van der Waals surface area contributed by atoms with Gasteiger partial charge in [-0.25, -0.2) is 0 Å². The van der Waals surface area contributed by atoms with Gasteiger partial charge in [0, 0.05) is 0 Å². The molecular weight excluding hydrogens is 280 g/mol. The Bertz CT molecular complexity index is 1030. The summed E-state index contributed by atoms with van der Waals surface area (Å²) in [6.45, 7) is 0. The first-order chi connectivity index (χ1) is 10.9. The maximum Gasteiger partial charge on any atom is 0.0605 e. The van der Waals surface area contributed by atoms with E-state index in [1.165, 1.54) is 43.1 Å². The van der Waals surface area contributed by atoms with Crippen LogP contribution in [0.2, 0.25) is 0 Å². The Kier molecular flexibility index (Phi) is 2.46. The summed E-state index contributed by atoms with van der Waals surface area (Å²) >= 11 is 0. The summed E-state index contributed by atoms with van der Waals surface area (Å²) in [7, 11) is 0.786. The first kappa shape index (κ1) is 12.1. The molecule has 0 saturated carbocycles. The Morgan fingerprint density at radius 1 is 0.591 bits per heavy atom. The lowest BCUT2D eigenvalue weighted by atomic mass is 9.98. The van der Waals surface area contributed by atoms with E-state index >= 15 is 0 Å². The van der Waals surface area contributed by atoms with E-state index in [9.17, 15) is 0 Å². The highest BCUT2D eigenvalue weighted by molar-refractivity contribution is 6.64. The van der Waals surface area contributed by atoms with Gasteiger partial charge in [0.2, 0.25) is 0 Å². The van der Waals surface area contributed by atoms with Crippen molar-refractivity contribution in [3.05, 3.63) is 72.3 Å². The lowest BCUT2D eigenvalue weighted by Crippen LogP contribution is -2.15. The Hall–Kier alpha value is -2.51. The molecule has 0 atom stereocenters. The van der Waals surface area contributed by atoms with E-state index in [1.807, 2.05) is 0 Å². The summed E-state index contributed by atoms with van der Waals surface area (Å²) in [5, 5.41) is 9.39. The molecule has 0 aliphatic carbocycles. The molecule has 0 nitrogen and oxygen atoms in total. The van der Waals surface area contributed by atoms with E-state index in [4.69, 9.17) is 0 Å². The van der Waals surface area contributed by atoms with Crippen molar-refractivity contribution >= 4 is 58.4 Å². The number of hydrogen-bond donors (Lipinski definition) is 0. The van der Waals surface area contributed by atoms with Crippen molar-refractivity contribution in [2.45, 2.75) is 0 Å². The lowest BCUT2D eigenvalue weighted by molar-refractivity contribution is 1.77. The van der Waals surface area contributed by atoms with E-state index < -0.39 is 0 Å². The fourth-order valence-electron chi connectivity index (χ4n) is 3.31.